The predicted molar refractivity (Wildman–Crippen MR) is 115 cm³/mol. The summed E-state index contributed by atoms with van der Waals surface area (Å²) in [4.78, 5) is 2.42. The van der Waals surface area contributed by atoms with Crippen LogP contribution in [0, 0.1) is 11.7 Å². The summed E-state index contributed by atoms with van der Waals surface area (Å²) in [6.45, 7) is 3.64. The fourth-order valence-corrected chi connectivity index (χ4v) is 4.43. The number of methoxy groups -OCH3 is 2. The molecule has 2 heterocycles. The summed E-state index contributed by atoms with van der Waals surface area (Å²) in [6.07, 6.45) is 2.21. The minimum Gasteiger partial charge on any atom is -0.497 e. The Hall–Kier alpha value is -2.64. The van der Waals surface area contributed by atoms with Gasteiger partial charge >= 0.3 is 0 Å². The quantitative estimate of drug-likeness (QED) is 0.559. The normalized spacial score (nSPS) is 16.9. The summed E-state index contributed by atoms with van der Waals surface area (Å²) >= 11 is 5.76. The smallest absolute Gasteiger partial charge is 0.203 e. The highest BCUT2D eigenvalue weighted by Crippen LogP contribution is 2.38. The van der Waals surface area contributed by atoms with E-state index in [4.69, 9.17) is 26.8 Å². The summed E-state index contributed by atoms with van der Waals surface area (Å²) in [6, 6.07) is 16.4. The number of para-hydroxylation sites is 1. The van der Waals surface area contributed by atoms with E-state index in [0.29, 0.717) is 11.4 Å². The second-order valence-corrected chi connectivity index (χ2v) is 7.59. The van der Waals surface area contributed by atoms with Crippen LogP contribution in [0.5, 0.6) is 11.5 Å². The highest BCUT2D eigenvalue weighted by atomic mass is 32.1. The molecule has 4 rings (SSSR count). The van der Waals surface area contributed by atoms with E-state index in [2.05, 4.69) is 23.1 Å². The van der Waals surface area contributed by atoms with E-state index >= 15 is 0 Å². The van der Waals surface area contributed by atoms with Crippen molar-refractivity contribution in [3.8, 4) is 17.2 Å². The van der Waals surface area contributed by atoms with Gasteiger partial charge in [-0.05, 0) is 50.2 Å². The molecule has 3 aromatic rings. The van der Waals surface area contributed by atoms with Crippen molar-refractivity contribution < 1.29 is 9.47 Å². The van der Waals surface area contributed by atoms with Crippen LogP contribution in [-0.4, -0.2) is 40.0 Å². The molecule has 0 aliphatic carbocycles. The van der Waals surface area contributed by atoms with Gasteiger partial charge in [0.25, 0.3) is 0 Å². The molecule has 152 valence electrons. The first-order valence-electron chi connectivity index (χ1n) is 9.80. The maximum Gasteiger partial charge on any atom is 0.203 e. The van der Waals surface area contributed by atoms with Gasteiger partial charge in [-0.2, -0.15) is 5.10 Å². The molecule has 0 saturated carbocycles. The van der Waals surface area contributed by atoms with Crippen LogP contribution in [0.4, 0.5) is 0 Å². The molecule has 0 spiro atoms. The first-order valence-corrected chi connectivity index (χ1v) is 10.2. The van der Waals surface area contributed by atoms with E-state index in [1.807, 2.05) is 46.5 Å². The van der Waals surface area contributed by atoms with Crippen molar-refractivity contribution >= 4 is 12.2 Å². The Morgan fingerprint density at radius 2 is 1.90 bits per heavy atom. The lowest BCUT2D eigenvalue weighted by Crippen LogP contribution is -2.27. The molecule has 0 radical (unpaired) electrons. The van der Waals surface area contributed by atoms with Crippen LogP contribution in [0.2, 0.25) is 0 Å². The van der Waals surface area contributed by atoms with E-state index in [-0.39, 0.29) is 6.04 Å². The molecular weight excluding hydrogens is 384 g/mol. The Morgan fingerprint density at radius 3 is 2.62 bits per heavy atom. The van der Waals surface area contributed by atoms with E-state index in [1.165, 1.54) is 5.56 Å². The van der Waals surface area contributed by atoms with Gasteiger partial charge in [-0.1, -0.05) is 24.3 Å². The lowest BCUT2D eigenvalue weighted by Gasteiger charge is -2.26. The molecule has 0 unspecified atom stereocenters. The number of hydrogen-bond acceptors (Lipinski definition) is 5. The third kappa shape index (κ3) is 3.80. The number of ether oxygens (including phenoxy) is 2. The van der Waals surface area contributed by atoms with Crippen LogP contribution in [0.25, 0.3) is 5.69 Å². The van der Waals surface area contributed by atoms with E-state index in [0.717, 1.165) is 42.4 Å². The van der Waals surface area contributed by atoms with Crippen LogP contribution in [0.15, 0.2) is 48.5 Å². The van der Waals surface area contributed by atoms with E-state index < -0.39 is 0 Å². The lowest BCUT2D eigenvalue weighted by atomic mass is 10.0. The Balaban J connectivity index is 1.63. The van der Waals surface area contributed by atoms with Crippen molar-refractivity contribution in [3.05, 3.63) is 64.7 Å². The van der Waals surface area contributed by atoms with Crippen LogP contribution >= 0.6 is 12.2 Å². The number of benzene rings is 2. The van der Waals surface area contributed by atoms with Gasteiger partial charge in [-0.25, -0.2) is 4.68 Å². The highest BCUT2D eigenvalue weighted by molar-refractivity contribution is 7.71. The van der Waals surface area contributed by atoms with Crippen molar-refractivity contribution in [3.63, 3.8) is 0 Å². The van der Waals surface area contributed by atoms with Crippen molar-refractivity contribution in [1.29, 1.82) is 0 Å². The standard InChI is InChI=1S/C22H26N4O2S/c1-16-23-25(22(29)26(16)17-8-5-4-6-9-17)15-24-13-7-10-20(24)19-12-11-18(27-2)14-21(19)28-3/h4-6,8-9,11-12,14,20H,7,10,13,15H2,1-3H3/t20-/m0/s1. The van der Waals surface area contributed by atoms with Crippen LogP contribution in [0.3, 0.4) is 0 Å². The predicted octanol–water partition coefficient (Wildman–Crippen LogP) is 4.52. The van der Waals surface area contributed by atoms with Gasteiger partial charge in [0.15, 0.2) is 0 Å². The number of aryl methyl sites for hydroxylation is 1. The Kier molecular flexibility index (Phi) is 5.69. The van der Waals surface area contributed by atoms with E-state index in [1.54, 1.807) is 14.2 Å². The minimum absolute atomic E-state index is 0.264. The molecule has 7 heteroatoms. The Labute approximate surface area is 176 Å². The summed E-state index contributed by atoms with van der Waals surface area (Å²) in [7, 11) is 3.38. The molecule has 1 atom stereocenters. The average molecular weight is 411 g/mol. The van der Waals surface area contributed by atoms with Crippen molar-refractivity contribution in [2.45, 2.75) is 32.5 Å². The zero-order chi connectivity index (χ0) is 20.4. The second kappa shape index (κ2) is 8.39. The highest BCUT2D eigenvalue weighted by Gasteiger charge is 2.29. The molecule has 1 aliphatic rings. The van der Waals surface area contributed by atoms with Crippen LogP contribution in [0.1, 0.15) is 30.3 Å². The number of hydrogen-bond donors (Lipinski definition) is 0. The topological polar surface area (TPSA) is 44.5 Å². The van der Waals surface area contributed by atoms with Gasteiger partial charge in [0.05, 0.1) is 20.9 Å². The maximum absolute atomic E-state index is 5.76. The number of nitrogens with zero attached hydrogens (tertiary/aromatic N) is 4. The first kappa shape index (κ1) is 19.7. The third-order valence-electron chi connectivity index (χ3n) is 5.49. The first-order chi connectivity index (χ1) is 14.1. The van der Waals surface area contributed by atoms with Crippen molar-refractivity contribution in [2.24, 2.45) is 0 Å². The third-order valence-corrected chi connectivity index (χ3v) is 5.89. The second-order valence-electron chi connectivity index (χ2n) is 7.22. The Morgan fingerprint density at radius 1 is 1.10 bits per heavy atom. The number of aromatic nitrogens is 3. The molecule has 1 fully saturated rings. The fourth-order valence-electron chi connectivity index (χ4n) is 4.10. The summed E-state index contributed by atoms with van der Waals surface area (Å²) < 4.78 is 15.7. The monoisotopic (exact) mass is 410 g/mol. The zero-order valence-corrected chi connectivity index (χ0v) is 17.9. The molecule has 1 aliphatic heterocycles. The van der Waals surface area contributed by atoms with Gasteiger partial charge in [-0.3, -0.25) is 9.47 Å². The molecule has 2 aromatic carbocycles. The van der Waals surface area contributed by atoms with Gasteiger partial charge in [0, 0.05) is 29.9 Å². The van der Waals surface area contributed by atoms with Crippen LogP contribution < -0.4 is 9.47 Å². The molecule has 0 bridgehead atoms. The maximum atomic E-state index is 5.76. The molecule has 29 heavy (non-hydrogen) atoms. The summed E-state index contributed by atoms with van der Waals surface area (Å²) in [5, 5.41) is 4.73. The van der Waals surface area contributed by atoms with Crippen LogP contribution in [-0.2, 0) is 6.67 Å². The molecular formula is C22H26N4O2S. The van der Waals surface area contributed by atoms with Gasteiger partial charge < -0.3 is 9.47 Å². The number of likely N-dealkylation sites (tertiary alicyclic amines) is 1. The van der Waals surface area contributed by atoms with Gasteiger partial charge in [-0.15, -0.1) is 0 Å². The Bertz CT molecular complexity index is 1040. The SMILES string of the molecule is COc1ccc([C@@H]2CCCN2Cn2nc(C)n(-c3ccccc3)c2=S)c(OC)c1. The summed E-state index contributed by atoms with van der Waals surface area (Å²) in [5.74, 6) is 2.55. The van der Waals surface area contributed by atoms with Crippen molar-refractivity contribution in [2.75, 3.05) is 20.8 Å². The van der Waals surface area contributed by atoms with Crippen molar-refractivity contribution in [1.82, 2.24) is 19.2 Å². The average Bonchev–Trinajstić information content (AvgIpc) is 3.32. The van der Waals surface area contributed by atoms with Gasteiger partial charge in [0.1, 0.15) is 17.3 Å². The van der Waals surface area contributed by atoms with Gasteiger partial charge in [0.2, 0.25) is 4.77 Å². The molecule has 1 aromatic heterocycles. The lowest BCUT2D eigenvalue weighted by molar-refractivity contribution is 0.186. The molecule has 6 nitrogen and oxygen atoms in total. The number of rotatable bonds is 6. The van der Waals surface area contributed by atoms with E-state index in [9.17, 15) is 0 Å². The fraction of sp³-hybridized carbons (Fsp3) is 0.364. The molecule has 1 saturated heterocycles. The minimum atomic E-state index is 0.264. The zero-order valence-electron chi connectivity index (χ0n) is 17.0. The largest absolute Gasteiger partial charge is 0.497 e. The molecule has 0 amide bonds. The molecule has 0 N–H and O–H groups in total. The summed E-state index contributed by atoms with van der Waals surface area (Å²) in [5.41, 5.74) is 2.22.